The number of nitrogens with zero attached hydrogens (tertiary/aromatic N) is 1. The first-order valence-corrected chi connectivity index (χ1v) is 6.08. The molecule has 0 atom stereocenters. The van der Waals surface area contributed by atoms with Crippen LogP contribution in [0.4, 0.5) is 5.00 Å². The number of carbonyl (C=O) groups excluding carboxylic acids is 1. The lowest BCUT2D eigenvalue weighted by Crippen LogP contribution is -2.03. The lowest BCUT2D eigenvalue weighted by atomic mass is 10.2. The smallest absolute Gasteiger partial charge is 0.366 e. The number of ether oxygens (including phenoxy) is 2. The van der Waals surface area contributed by atoms with Gasteiger partial charge in [-0.25, -0.2) is 4.79 Å². The Morgan fingerprint density at radius 1 is 1.26 bits per heavy atom. The summed E-state index contributed by atoms with van der Waals surface area (Å²) in [4.78, 5) is 21.8. The number of rotatable bonds is 4. The molecule has 0 amide bonds. The maximum absolute atomic E-state index is 11.5. The zero-order chi connectivity index (χ0) is 13.8. The van der Waals surface area contributed by atoms with Crippen molar-refractivity contribution >= 4 is 22.3 Å². The molecule has 0 aliphatic carbocycles. The Balaban J connectivity index is 2.36. The van der Waals surface area contributed by atoms with E-state index in [0.717, 1.165) is 11.3 Å². The van der Waals surface area contributed by atoms with E-state index in [1.54, 1.807) is 23.6 Å². The van der Waals surface area contributed by atoms with Crippen LogP contribution in [0.15, 0.2) is 35.7 Å². The van der Waals surface area contributed by atoms with Crippen LogP contribution in [0.3, 0.4) is 0 Å². The number of nitro groups is 1. The molecule has 0 N–H and O–H groups in total. The van der Waals surface area contributed by atoms with Crippen molar-refractivity contribution in [2.24, 2.45) is 0 Å². The maximum atomic E-state index is 11.5. The van der Waals surface area contributed by atoms with Gasteiger partial charge in [0.1, 0.15) is 11.3 Å². The second kappa shape index (κ2) is 5.49. The van der Waals surface area contributed by atoms with Crippen LogP contribution in [-0.4, -0.2) is 18.0 Å². The first kappa shape index (κ1) is 13.0. The van der Waals surface area contributed by atoms with Crippen LogP contribution in [0.2, 0.25) is 0 Å². The Morgan fingerprint density at radius 3 is 2.68 bits per heavy atom. The Bertz CT molecular complexity index is 622. The molecule has 98 valence electrons. The highest BCUT2D eigenvalue weighted by molar-refractivity contribution is 7.13. The standard InChI is InChI=1S/C12H9NO5S/c1-17-12(14)8-4-2-3-5-9(8)18-10-6-7-19-11(10)13(15)16/h2-7H,1H3. The van der Waals surface area contributed by atoms with Gasteiger partial charge in [0.25, 0.3) is 0 Å². The fraction of sp³-hybridized carbons (Fsp3) is 0.0833. The molecule has 6 nitrogen and oxygen atoms in total. The van der Waals surface area contributed by atoms with Gasteiger partial charge in [0, 0.05) is 5.38 Å². The molecule has 0 spiro atoms. The van der Waals surface area contributed by atoms with Gasteiger partial charge in [-0.05, 0) is 18.2 Å². The van der Waals surface area contributed by atoms with Crippen molar-refractivity contribution < 1.29 is 19.2 Å². The molecule has 0 bridgehead atoms. The summed E-state index contributed by atoms with van der Waals surface area (Å²) in [6, 6.07) is 7.88. The average molecular weight is 279 g/mol. The molecule has 1 aromatic carbocycles. The van der Waals surface area contributed by atoms with E-state index in [9.17, 15) is 14.9 Å². The highest BCUT2D eigenvalue weighted by Crippen LogP contribution is 2.37. The van der Waals surface area contributed by atoms with Crippen LogP contribution in [0.5, 0.6) is 11.5 Å². The molecule has 2 aromatic rings. The normalized spacial score (nSPS) is 9.95. The van der Waals surface area contributed by atoms with Crippen molar-refractivity contribution in [2.75, 3.05) is 7.11 Å². The Morgan fingerprint density at radius 2 is 2.00 bits per heavy atom. The number of hydrogen-bond acceptors (Lipinski definition) is 6. The van der Waals surface area contributed by atoms with Gasteiger partial charge in [-0.2, -0.15) is 0 Å². The van der Waals surface area contributed by atoms with E-state index >= 15 is 0 Å². The zero-order valence-corrected chi connectivity index (χ0v) is 10.7. The molecule has 2 rings (SSSR count). The highest BCUT2D eigenvalue weighted by Gasteiger charge is 2.20. The van der Waals surface area contributed by atoms with Crippen molar-refractivity contribution in [1.82, 2.24) is 0 Å². The molecule has 0 radical (unpaired) electrons. The largest absolute Gasteiger partial charge is 0.465 e. The molecular formula is C12H9NO5S. The third-order valence-corrected chi connectivity index (χ3v) is 3.13. The number of para-hydroxylation sites is 1. The van der Waals surface area contributed by atoms with Crippen LogP contribution in [-0.2, 0) is 4.74 Å². The van der Waals surface area contributed by atoms with E-state index in [4.69, 9.17) is 4.74 Å². The summed E-state index contributed by atoms with van der Waals surface area (Å²) in [5, 5.41) is 12.2. The molecule has 1 heterocycles. The second-order valence-electron chi connectivity index (χ2n) is 3.44. The van der Waals surface area contributed by atoms with Crippen LogP contribution in [0.25, 0.3) is 0 Å². The summed E-state index contributed by atoms with van der Waals surface area (Å²) in [7, 11) is 1.26. The second-order valence-corrected chi connectivity index (χ2v) is 4.33. The molecule has 7 heteroatoms. The van der Waals surface area contributed by atoms with Gasteiger partial charge in [-0.1, -0.05) is 23.5 Å². The van der Waals surface area contributed by atoms with Gasteiger partial charge in [-0.15, -0.1) is 0 Å². The van der Waals surface area contributed by atoms with Crippen molar-refractivity contribution in [3.63, 3.8) is 0 Å². The number of thiophene rings is 1. The van der Waals surface area contributed by atoms with Crippen molar-refractivity contribution in [3.8, 4) is 11.5 Å². The zero-order valence-electron chi connectivity index (χ0n) is 9.86. The molecule has 19 heavy (non-hydrogen) atoms. The van der Waals surface area contributed by atoms with Crippen LogP contribution < -0.4 is 4.74 Å². The van der Waals surface area contributed by atoms with Crippen LogP contribution >= 0.6 is 11.3 Å². The van der Waals surface area contributed by atoms with E-state index in [1.807, 2.05) is 0 Å². The first-order chi connectivity index (χ1) is 9.13. The SMILES string of the molecule is COC(=O)c1ccccc1Oc1ccsc1[N+](=O)[O-]. The van der Waals surface area contributed by atoms with Crippen molar-refractivity contribution in [3.05, 3.63) is 51.4 Å². The quantitative estimate of drug-likeness (QED) is 0.487. The minimum Gasteiger partial charge on any atom is -0.465 e. The average Bonchev–Trinajstić information content (AvgIpc) is 2.87. The van der Waals surface area contributed by atoms with E-state index < -0.39 is 10.9 Å². The molecule has 1 aromatic heterocycles. The summed E-state index contributed by atoms with van der Waals surface area (Å²) >= 11 is 0.957. The third kappa shape index (κ3) is 2.71. The highest BCUT2D eigenvalue weighted by atomic mass is 32.1. The molecule has 0 aliphatic rings. The predicted molar refractivity (Wildman–Crippen MR) is 68.8 cm³/mol. The van der Waals surface area contributed by atoms with Crippen LogP contribution in [0.1, 0.15) is 10.4 Å². The summed E-state index contributed by atoms with van der Waals surface area (Å²) in [5.41, 5.74) is 0.213. The Labute approximate surface area is 112 Å². The van der Waals surface area contributed by atoms with Crippen LogP contribution in [0, 0.1) is 10.1 Å². The molecule has 0 saturated carbocycles. The lowest BCUT2D eigenvalue weighted by Gasteiger charge is -2.07. The van der Waals surface area contributed by atoms with Gasteiger partial charge in [0.05, 0.1) is 12.0 Å². The summed E-state index contributed by atoms with van der Waals surface area (Å²) in [5.74, 6) is -0.240. The van der Waals surface area contributed by atoms with Crippen molar-refractivity contribution in [1.29, 1.82) is 0 Å². The first-order valence-electron chi connectivity index (χ1n) is 5.20. The number of hydrogen-bond donors (Lipinski definition) is 0. The maximum Gasteiger partial charge on any atom is 0.366 e. The van der Waals surface area contributed by atoms with Gasteiger partial charge >= 0.3 is 11.0 Å². The van der Waals surface area contributed by atoms with Crippen molar-refractivity contribution in [2.45, 2.75) is 0 Å². The molecule has 0 aliphatic heterocycles. The third-order valence-electron chi connectivity index (χ3n) is 2.29. The fourth-order valence-electron chi connectivity index (χ4n) is 1.45. The molecular weight excluding hydrogens is 270 g/mol. The van der Waals surface area contributed by atoms with E-state index in [0.29, 0.717) is 0 Å². The number of methoxy groups -OCH3 is 1. The molecule has 0 fully saturated rings. The van der Waals surface area contributed by atoms with Gasteiger partial charge < -0.3 is 9.47 Å². The van der Waals surface area contributed by atoms with Gasteiger partial charge in [0.2, 0.25) is 5.75 Å². The Hall–Kier alpha value is -2.41. The van der Waals surface area contributed by atoms with E-state index in [2.05, 4.69) is 4.74 Å². The van der Waals surface area contributed by atoms with E-state index in [-0.39, 0.29) is 22.1 Å². The molecule has 0 saturated heterocycles. The minimum absolute atomic E-state index is 0.103. The summed E-state index contributed by atoms with van der Waals surface area (Å²) < 4.78 is 10.1. The molecule has 0 unspecified atom stereocenters. The van der Waals surface area contributed by atoms with Gasteiger partial charge in [0.15, 0.2) is 0 Å². The lowest BCUT2D eigenvalue weighted by molar-refractivity contribution is -0.380. The number of carbonyl (C=O) groups is 1. The van der Waals surface area contributed by atoms with Gasteiger partial charge in [-0.3, -0.25) is 10.1 Å². The summed E-state index contributed by atoms with van der Waals surface area (Å²) in [6.45, 7) is 0. The predicted octanol–water partition coefficient (Wildman–Crippen LogP) is 3.24. The topological polar surface area (TPSA) is 78.7 Å². The number of esters is 1. The number of benzene rings is 1. The fourth-order valence-corrected chi connectivity index (χ4v) is 2.09. The monoisotopic (exact) mass is 279 g/mol. The summed E-state index contributed by atoms with van der Waals surface area (Å²) in [6.07, 6.45) is 0. The minimum atomic E-state index is -0.562. The Kier molecular flexibility index (Phi) is 3.76. The van der Waals surface area contributed by atoms with E-state index in [1.165, 1.54) is 19.2 Å².